The van der Waals surface area contributed by atoms with Crippen molar-refractivity contribution < 1.29 is 0 Å². The fourth-order valence-corrected chi connectivity index (χ4v) is 2.58. The number of benzene rings is 2. The Morgan fingerprint density at radius 2 is 1.29 bits per heavy atom. The van der Waals surface area contributed by atoms with E-state index in [9.17, 15) is 0 Å². The highest BCUT2D eigenvalue weighted by molar-refractivity contribution is 5.15. The van der Waals surface area contributed by atoms with Gasteiger partial charge in [0.05, 0.1) is 0 Å². The van der Waals surface area contributed by atoms with Gasteiger partial charge in [0.15, 0.2) is 0 Å². The van der Waals surface area contributed by atoms with Crippen LogP contribution in [0.15, 0.2) is 60.7 Å². The highest BCUT2D eigenvalue weighted by Gasteiger charge is 2.05. The molecule has 0 fully saturated rings. The van der Waals surface area contributed by atoms with Gasteiger partial charge in [-0.3, -0.25) is 4.90 Å². The second-order valence-electron chi connectivity index (χ2n) is 5.49. The lowest BCUT2D eigenvalue weighted by Gasteiger charge is -2.22. The summed E-state index contributed by atoms with van der Waals surface area (Å²) in [5.41, 5.74) is 8.47. The zero-order chi connectivity index (χ0) is 14.8. The topological polar surface area (TPSA) is 29.3 Å². The van der Waals surface area contributed by atoms with E-state index in [0.717, 1.165) is 39.0 Å². The van der Waals surface area contributed by atoms with Gasteiger partial charge in [0.25, 0.3) is 0 Å². The monoisotopic (exact) mass is 282 g/mol. The maximum Gasteiger partial charge on any atom is 0.0233 e. The van der Waals surface area contributed by atoms with Crippen LogP contribution in [0, 0.1) is 0 Å². The van der Waals surface area contributed by atoms with Gasteiger partial charge in [-0.05, 0) is 50.0 Å². The smallest absolute Gasteiger partial charge is 0.0233 e. The van der Waals surface area contributed by atoms with Crippen LogP contribution in [0.3, 0.4) is 0 Å². The van der Waals surface area contributed by atoms with Crippen LogP contribution in [0.5, 0.6) is 0 Å². The van der Waals surface area contributed by atoms with Gasteiger partial charge >= 0.3 is 0 Å². The second-order valence-corrected chi connectivity index (χ2v) is 5.49. The SMILES string of the molecule is NCCCN(CCCc1ccccc1)Cc1ccccc1. The van der Waals surface area contributed by atoms with Crippen molar-refractivity contribution in [3.8, 4) is 0 Å². The lowest BCUT2D eigenvalue weighted by atomic mass is 10.1. The molecule has 2 nitrogen and oxygen atoms in total. The van der Waals surface area contributed by atoms with Gasteiger partial charge in [0.2, 0.25) is 0 Å². The molecule has 0 saturated heterocycles. The summed E-state index contributed by atoms with van der Waals surface area (Å²) in [6.07, 6.45) is 3.41. The molecule has 0 heterocycles. The summed E-state index contributed by atoms with van der Waals surface area (Å²) in [5, 5.41) is 0. The fourth-order valence-electron chi connectivity index (χ4n) is 2.58. The molecule has 2 heteroatoms. The minimum absolute atomic E-state index is 0.768. The molecule has 0 spiro atoms. The zero-order valence-corrected chi connectivity index (χ0v) is 12.7. The molecule has 0 aliphatic heterocycles. The fraction of sp³-hybridized carbons (Fsp3) is 0.368. The van der Waals surface area contributed by atoms with Crippen molar-refractivity contribution in [1.82, 2.24) is 4.90 Å². The van der Waals surface area contributed by atoms with Crippen molar-refractivity contribution in [2.75, 3.05) is 19.6 Å². The van der Waals surface area contributed by atoms with Crippen molar-refractivity contribution in [1.29, 1.82) is 0 Å². The molecular formula is C19H26N2. The molecule has 0 atom stereocenters. The van der Waals surface area contributed by atoms with Crippen LogP contribution >= 0.6 is 0 Å². The van der Waals surface area contributed by atoms with Crippen LogP contribution in [0.2, 0.25) is 0 Å². The van der Waals surface area contributed by atoms with Gasteiger partial charge in [0.1, 0.15) is 0 Å². The number of nitrogens with two attached hydrogens (primary N) is 1. The first-order valence-corrected chi connectivity index (χ1v) is 7.89. The van der Waals surface area contributed by atoms with Gasteiger partial charge in [0, 0.05) is 6.54 Å². The zero-order valence-electron chi connectivity index (χ0n) is 12.7. The summed E-state index contributed by atoms with van der Waals surface area (Å²) in [4.78, 5) is 2.52. The Kier molecular flexibility index (Phi) is 6.99. The molecular weight excluding hydrogens is 256 g/mol. The minimum atomic E-state index is 0.768. The maximum absolute atomic E-state index is 5.66. The third-order valence-corrected chi connectivity index (χ3v) is 3.71. The summed E-state index contributed by atoms with van der Waals surface area (Å²) in [6.45, 7) is 4.00. The Bertz CT molecular complexity index is 481. The van der Waals surface area contributed by atoms with E-state index in [2.05, 4.69) is 65.6 Å². The Morgan fingerprint density at radius 1 is 0.714 bits per heavy atom. The molecule has 0 amide bonds. The van der Waals surface area contributed by atoms with Crippen LogP contribution in [-0.2, 0) is 13.0 Å². The molecule has 0 unspecified atom stereocenters. The standard InChI is InChI=1S/C19H26N2/c20-14-8-16-21(17-19-11-5-2-6-12-19)15-7-13-18-9-3-1-4-10-18/h1-6,9-12H,7-8,13-17,20H2. The van der Waals surface area contributed by atoms with E-state index in [0.29, 0.717) is 0 Å². The lowest BCUT2D eigenvalue weighted by molar-refractivity contribution is 0.260. The van der Waals surface area contributed by atoms with Gasteiger partial charge < -0.3 is 5.73 Å². The quantitative estimate of drug-likeness (QED) is 0.763. The molecule has 21 heavy (non-hydrogen) atoms. The van der Waals surface area contributed by atoms with Crippen molar-refractivity contribution in [2.45, 2.75) is 25.8 Å². The normalized spacial score (nSPS) is 11.0. The number of rotatable bonds is 9. The van der Waals surface area contributed by atoms with E-state index in [4.69, 9.17) is 5.73 Å². The summed E-state index contributed by atoms with van der Waals surface area (Å²) >= 11 is 0. The number of nitrogens with zero attached hydrogens (tertiary/aromatic N) is 1. The van der Waals surface area contributed by atoms with Crippen LogP contribution in [0.25, 0.3) is 0 Å². The summed E-state index contributed by atoms with van der Waals surface area (Å²) in [6, 6.07) is 21.4. The van der Waals surface area contributed by atoms with Crippen LogP contribution in [-0.4, -0.2) is 24.5 Å². The molecule has 2 rings (SSSR count). The van der Waals surface area contributed by atoms with E-state index >= 15 is 0 Å². The van der Waals surface area contributed by atoms with E-state index in [1.54, 1.807) is 0 Å². The molecule has 112 valence electrons. The summed E-state index contributed by atoms with van der Waals surface area (Å²) < 4.78 is 0. The summed E-state index contributed by atoms with van der Waals surface area (Å²) in [5.74, 6) is 0. The number of aryl methyl sites for hydroxylation is 1. The third kappa shape index (κ3) is 6.11. The van der Waals surface area contributed by atoms with Crippen molar-refractivity contribution >= 4 is 0 Å². The van der Waals surface area contributed by atoms with Crippen LogP contribution in [0.1, 0.15) is 24.0 Å². The second kappa shape index (κ2) is 9.32. The highest BCUT2D eigenvalue weighted by Crippen LogP contribution is 2.08. The first-order valence-electron chi connectivity index (χ1n) is 7.89. The number of hydrogen-bond donors (Lipinski definition) is 1. The first-order chi connectivity index (χ1) is 10.4. The highest BCUT2D eigenvalue weighted by atomic mass is 15.1. The minimum Gasteiger partial charge on any atom is -0.330 e. The van der Waals surface area contributed by atoms with E-state index < -0.39 is 0 Å². The van der Waals surface area contributed by atoms with Crippen molar-refractivity contribution in [3.05, 3.63) is 71.8 Å². The average molecular weight is 282 g/mol. The Morgan fingerprint density at radius 3 is 1.90 bits per heavy atom. The van der Waals surface area contributed by atoms with Gasteiger partial charge in [-0.2, -0.15) is 0 Å². The third-order valence-electron chi connectivity index (χ3n) is 3.71. The molecule has 2 N–H and O–H groups in total. The van der Waals surface area contributed by atoms with Gasteiger partial charge in [-0.15, -0.1) is 0 Å². The first kappa shape index (κ1) is 15.7. The van der Waals surface area contributed by atoms with Gasteiger partial charge in [-0.1, -0.05) is 60.7 Å². The predicted octanol–water partition coefficient (Wildman–Crippen LogP) is 3.47. The number of hydrogen-bond acceptors (Lipinski definition) is 2. The largest absolute Gasteiger partial charge is 0.330 e. The molecule has 2 aromatic carbocycles. The Hall–Kier alpha value is -1.64. The Labute approximate surface area is 128 Å². The summed E-state index contributed by atoms with van der Waals surface area (Å²) in [7, 11) is 0. The van der Waals surface area contributed by atoms with Crippen molar-refractivity contribution in [2.24, 2.45) is 5.73 Å². The lowest BCUT2D eigenvalue weighted by Crippen LogP contribution is -2.27. The molecule has 0 aromatic heterocycles. The Balaban J connectivity index is 1.81. The van der Waals surface area contributed by atoms with Crippen LogP contribution < -0.4 is 5.73 Å². The molecule has 0 radical (unpaired) electrons. The van der Waals surface area contributed by atoms with Crippen LogP contribution in [0.4, 0.5) is 0 Å². The average Bonchev–Trinajstić information content (AvgIpc) is 2.54. The molecule has 2 aromatic rings. The molecule has 0 aliphatic rings. The molecule has 0 aliphatic carbocycles. The van der Waals surface area contributed by atoms with Gasteiger partial charge in [-0.25, -0.2) is 0 Å². The predicted molar refractivity (Wildman–Crippen MR) is 90.2 cm³/mol. The van der Waals surface area contributed by atoms with Crippen molar-refractivity contribution in [3.63, 3.8) is 0 Å². The van der Waals surface area contributed by atoms with E-state index in [1.165, 1.54) is 17.5 Å². The van der Waals surface area contributed by atoms with E-state index in [1.807, 2.05) is 0 Å². The molecule has 0 saturated carbocycles. The maximum atomic E-state index is 5.66. The van der Waals surface area contributed by atoms with E-state index in [-0.39, 0.29) is 0 Å². The molecule has 0 bridgehead atoms.